The molecule has 0 N–H and O–H groups in total. The van der Waals surface area contributed by atoms with Crippen molar-refractivity contribution in [2.75, 3.05) is 9.80 Å². The molecule has 0 saturated carbocycles. The number of thiophene rings is 2. The Labute approximate surface area is 320 Å². The van der Waals surface area contributed by atoms with Crippen LogP contribution in [0.4, 0.5) is 34.1 Å². The molecule has 2 aromatic heterocycles. The molecule has 0 spiro atoms. The molecule has 258 valence electrons. The third kappa shape index (κ3) is 6.08. The molecule has 0 amide bonds. The second-order valence-electron chi connectivity index (χ2n) is 14.3. The predicted molar refractivity (Wildman–Crippen MR) is 229 cm³/mol. The van der Waals surface area contributed by atoms with Gasteiger partial charge in [0.25, 0.3) is 0 Å². The first-order valence-corrected chi connectivity index (χ1v) is 19.8. The normalized spacial score (nSPS) is 12.7. The van der Waals surface area contributed by atoms with Crippen molar-refractivity contribution in [1.29, 1.82) is 0 Å². The van der Waals surface area contributed by atoms with Crippen LogP contribution in [0.3, 0.4) is 0 Å². The molecule has 0 fully saturated rings. The van der Waals surface area contributed by atoms with Gasteiger partial charge in [-0.05, 0) is 144 Å². The lowest BCUT2D eigenvalue weighted by atomic mass is 9.82. The summed E-state index contributed by atoms with van der Waals surface area (Å²) in [7, 11) is 0. The molecule has 0 saturated heterocycles. The summed E-state index contributed by atoms with van der Waals surface area (Å²) in [6, 6.07) is 62.3. The SMILES string of the molecule is Cc1ccc(-c2ccc(N(c3ccccc3)c3ccc4c(c3)C(C)(C)c3cc(N(c5ccccc5)c5ccc(-c6ccc(C)s6)cc5)ccc3-4)cc2)s1. The maximum absolute atomic E-state index is 2.42. The minimum atomic E-state index is -0.205. The second-order valence-corrected chi connectivity index (χ2v) is 16.9. The van der Waals surface area contributed by atoms with E-state index in [4.69, 9.17) is 0 Å². The van der Waals surface area contributed by atoms with Gasteiger partial charge in [0.1, 0.15) is 0 Å². The highest BCUT2D eigenvalue weighted by molar-refractivity contribution is 7.15. The fraction of sp³-hybridized carbons (Fsp3) is 0.102. The van der Waals surface area contributed by atoms with Crippen molar-refractivity contribution in [3.63, 3.8) is 0 Å². The van der Waals surface area contributed by atoms with E-state index in [1.165, 1.54) is 52.9 Å². The highest BCUT2D eigenvalue weighted by Gasteiger charge is 2.37. The molecule has 2 heterocycles. The Morgan fingerprint density at radius 1 is 0.377 bits per heavy atom. The summed E-state index contributed by atoms with van der Waals surface area (Å²) < 4.78 is 0. The van der Waals surface area contributed by atoms with Crippen molar-refractivity contribution in [2.45, 2.75) is 33.1 Å². The smallest absolute Gasteiger partial charge is 0.0465 e. The molecule has 6 aromatic carbocycles. The van der Waals surface area contributed by atoms with Crippen LogP contribution in [0.25, 0.3) is 32.0 Å². The standard InChI is InChI=1S/C49H40N2S2/c1-33-15-29-47(52-33)35-17-21-39(22-18-35)50(37-11-7-5-8-12-37)41-25-27-43-44-28-26-42(32-46(44)49(3,4)45(43)31-41)51(38-13-9-6-10-14-38)40-23-19-36(20-24-40)48-30-16-34(2)53-48/h5-32H,1-4H3. The van der Waals surface area contributed by atoms with Crippen LogP contribution in [0.15, 0.2) is 170 Å². The molecular formula is C49H40N2S2. The van der Waals surface area contributed by atoms with E-state index in [1.807, 2.05) is 22.7 Å². The van der Waals surface area contributed by atoms with Crippen molar-refractivity contribution in [1.82, 2.24) is 0 Å². The Morgan fingerprint density at radius 2 is 0.736 bits per heavy atom. The van der Waals surface area contributed by atoms with Crippen molar-refractivity contribution < 1.29 is 0 Å². The largest absolute Gasteiger partial charge is 0.310 e. The van der Waals surface area contributed by atoms with Crippen LogP contribution in [-0.2, 0) is 5.41 Å². The fourth-order valence-electron chi connectivity index (χ4n) is 7.77. The van der Waals surface area contributed by atoms with Gasteiger partial charge in [0.2, 0.25) is 0 Å². The highest BCUT2D eigenvalue weighted by Crippen LogP contribution is 2.52. The number of para-hydroxylation sites is 2. The van der Waals surface area contributed by atoms with Gasteiger partial charge in [-0.25, -0.2) is 0 Å². The van der Waals surface area contributed by atoms with Crippen LogP contribution in [0.1, 0.15) is 34.7 Å². The lowest BCUT2D eigenvalue weighted by molar-refractivity contribution is 0.660. The lowest BCUT2D eigenvalue weighted by Gasteiger charge is -2.29. The van der Waals surface area contributed by atoms with Gasteiger partial charge in [-0.1, -0.05) is 86.6 Å². The molecule has 0 aliphatic heterocycles. The Bertz CT molecular complexity index is 2360. The molecule has 53 heavy (non-hydrogen) atoms. The minimum absolute atomic E-state index is 0.205. The van der Waals surface area contributed by atoms with Crippen molar-refractivity contribution in [3.05, 3.63) is 191 Å². The molecule has 0 radical (unpaired) electrons. The third-order valence-electron chi connectivity index (χ3n) is 10.5. The average Bonchev–Trinajstić information content (AvgIpc) is 3.89. The topological polar surface area (TPSA) is 6.48 Å². The van der Waals surface area contributed by atoms with E-state index in [0.29, 0.717) is 0 Å². The van der Waals surface area contributed by atoms with E-state index < -0.39 is 0 Å². The molecular weight excluding hydrogens is 681 g/mol. The van der Waals surface area contributed by atoms with Gasteiger partial charge in [-0.3, -0.25) is 0 Å². The zero-order valence-corrected chi connectivity index (χ0v) is 32.0. The first-order valence-electron chi connectivity index (χ1n) is 18.2. The molecule has 0 atom stereocenters. The predicted octanol–water partition coefficient (Wildman–Crippen LogP) is 15.0. The Kier molecular flexibility index (Phi) is 8.38. The van der Waals surface area contributed by atoms with Gasteiger partial charge < -0.3 is 9.80 Å². The van der Waals surface area contributed by atoms with Gasteiger partial charge in [-0.2, -0.15) is 0 Å². The zero-order chi connectivity index (χ0) is 36.1. The number of rotatable bonds is 8. The summed E-state index contributed by atoms with van der Waals surface area (Å²) in [6.07, 6.45) is 0. The summed E-state index contributed by atoms with van der Waals surface area (Å²) in [5.41, 5.74) is 14.5. The molecule has 9 rings (SSSR count). The van der Waals surface area contributed by atoms with Gasteiger partial charge in [0.15, 0.2) is 0 Å². The first-order chi connectivity index (χ1) is 25.8. The van der Waals surface area contributed by atoms with Crippen molar-refractivity contribution in [2.24, 2.45) is 0 Å². The third-order valence-corrected chi connectivity index (χ3v) is 12.6. The van der Waals surface area contributed by atoms with Gasteiger partial charge in [0, 0.05) is 59.0 Å². The Hall–Kier alpha value is -5.68. The minimum Gasteiger partial charge on any atom is -0.310 e. The number of nitrogens with zero attached hydrogens (tertiary/aromatic N) is 2. The number of hydrogen-bond acceptors (Lipinski definition) is 4. The molecule has 4 heteroatoms. The second kappa shape index (κ2) is 13.4. The number of aryl methyl sites for hydroxylation is 2. The molecule has 1 aliphatic rings. The van der Waals surface area contributed by atoms with E-state index in [-0.39, 0.29) is 5.41 Å². The van der Waals surface area contributed by atoms with E-state index in [2.05, 4.69) is 207 Å². The van der Waals surface area contributed by atoms with Crippen LogP contribution in [0.5, 0.6) is 0 Å². The van der Waals surface area contributed by atoms with E-state index in [9.17, 15) is 0 Å². The summed E-state index contributed by atoms with van der Waals surface area (Å²) in [6.45, 7) is 9.08. The molecule has 0 bridgehead atoms. The monoisotopic (exact) mass is 720 g/mol. The van der Waals surface area contributed by atoms with Crippen molar-refractivity contribution >= 4 is 56.8 Å². The molecule has 0 unspecified atom stereocenters. The van der Waals surface area contributed by atoms with Gasteiger partial charge in [-0.15, -0.1) is 22.7 Å². The number of fused-ring (bicyclic) bond motifs is 3. The zero-order valence-electron chi connectivity index (χ0n) is 30.4. The fourth-order valence-corrected chi connectivity index (χ4v) is 9.52. The van der Waals surface area contributed by atoms with E-state index in [0.717, 1.165) is 34.1 Å². The van der Waals surface area contributed by atoms with Crippen LogP contribution in [0, 0.1) is 13.8 Å². The highest BCUT2D eigenvalue weighted by atomic mass is 32.1. The maximum Gasteiger partial charge on any atom is 0.0465 e. The van der Waals surface area contributed by atoms with Crippen molar-refractivity contribution in [3.8, 4) is 32.0 Å². The summed E-state index contributed by atoms with van der Waals surface area (Å²) in [5.74, 6) is 0. The maximum atomic E-state index is 2.42. The van der Waals surface area contributed by atoms with Crippen LogP contribution in [0.2, 0.25) is 0 Å². The Balaban J connectivity index is 1.10. The number of anilines is 6. The lowest BCUT2D eigenvalue weighted by Crippen LogP contribution is -2.17. The van der Waals surface area contributed by atoms with E-state index in [1.54, 1.807) is 0 Å². The quantitative estimate of drug-likeness (QED) is 0.154. The van der Waals surface area contributed by atoms with E-state index >= 15 is 0 Å². The number of benzene rings is 6. The Morgan fingerprint density at radius 3 is 1.09 bits per heavy atom. The molecule has 8 aromatic rings. The average molecular weight is 721 g/mol. The molecule has 1 aliphatic carbocycles. The summed E-state index contributed by atoms with van der Waals surface area (Å²) in [5, 5.41) is 0. The summed E-state index contributed by atoms with van der Waals surface area (Å²) in [4.78, 5) is 10.0. The number of hydrogen-bond donors (Lipinski definition) is 0. The summed E-state index contributed by atoms with van der Waals surface area (Å²) >= 11 is 3.68. The van der Waals surface area contributed by atoms with Crippen LogP contribution < -0.4 is 9.80 Å². The van der Waals surface area contributed by atoms with Gasteiger partial charge in [0.05, 0.1) is 0 Å². The van der Waals surface area contributed by atoms with Crippen LogP contribution in [-0.4, -0.2) is 0 Å². The van der Waals surface area contributed by atoms with Crippen LogP contribution >= 0.6 is 22.7 Å². The van der Waals surface area contributed by atoms with Gasteiger partial charge >= 0.3 is 0 Å². The first kappa shape index (κ1) is 33.2. The molecule has 2 nitrogen and oxygen atoms in total.